The number of aldehydes is 1. The molecule has 0 heterocycles. The molecule has 2 aromatic rings. The lowest BCUT2D eigenvalue weighted by atomic mass is 9.93. The SMILES string of the molecule is COc1ccccc1CC(C=O)c1ccc(Cl)cc1. The van der Waals surface area contributed by atoms with E-state index in [1.165, 1.54) is 0 Å². The zero-order valence-corrected chi connectivity index (χ0v) is 11.4. The fourth-order valence-electron chi connectivity index (χ4n) is 2.06. The quantitative estimate of drug-likeness (QED) is 0.774. The minimum Gasteiger partial charge on any atom is -0.496 e. The highest BCUT2D eigenvalue weighted by Crippen LogP contribution is 2.26. The lowest BCUT2D eigenvalue weighted by molar-refractivity contribution is -0.109. The number of carbonyl (C=O) groups is 1. The summed E-state index contributed by atoms with van der Waals surface area (Å²) in [6.07, 6.45) is 1.59. The second-order valence-electron chi connectivity index (χ2n) is 4.31. The Labute approximate surface area is 118 Å². The maximum Gasteiger partial charge on any atom is 0.127 e. The summed E-state index contributed by atoms with van der Waals surface area (Å²) in [5, 5.41) is 0.672. The van der Waals surface area contributed by atoms with Gasteiger partial charge in [0.05, 0.1) is 7.11 Å². The molecule has 0 aliphatic heterocycles. The number of halogens is 1. The van der Waals surface area contributed by atoms with Crippen LogP contribution >= 0.6 is 11.6 Å². The van der Waals surface area contributed by atoms with Crippen LogP contribution in [0.3, 0.4) is 0 Å². The van der Waals surface area contributed by atoms with Crippen molar-refractivity contribution in [2.75, 3.05) is 7.11 Å². The van der Waals surface area contributed by atoms with Crippen molar-refractivity contribution in [3.8, 4) is 5.75 Å². The first-order chi connectivity index (χ1) is 9.24. The molecular formula is C16H15ClO2. The lowest BCUT2D eigenvalue weighted by Gasteiger charge is -2.13. The summed E-state index contributed by atoms with van der Waals surface area (Å²) in [7, 11) is 1.64. The maximum atomic E-state index is 11.3. The van der Waals surface area contributed by atoms with Crippen LogP contribution < -0.4 is 4.74 Å². The molecule has 0 radical (unpaired) electrons. The van der Waals surface area contributed by atoms with E-state index in [4.69, 9.17) is 16.3 Å². The van der Waals surface area contributed by atoms with Gasteiger partial charge in [-0.2, -0.15) is 0 Å². The fourth-order valence-corrected chi connectivity index (χ4v) is 2.19. The molecule has 0 saturated heterocycles. The van der Waals surface area contributed by atoms with E-state index in [1.54, 1.807) is 19.2 Å². The van der Waals surface area contributed by atoms with Gasteiger partial charge in [0, 0.05) is 10.9 Å². The van der Waals surface area contributed by atoms with Gasteiger partial charge in [0.15, 0.2) is 0 Å². The highest BCUT2D eigenvalue weighted by molar-refractivity contribution is 6.30. The molecule has 0 N–H and O–H groups in total. The van der Waals surface area contributed by atoms with Crippen molar-refractivity contribution in [2.45, 2.75) is 12.3 Å². The molecule has 0 aliphatic carbocycles. The van der Waals surface area contributed by atoms with Crippen molar-refractivity contribution < 1.29 is 9.53 Å². The molecule has 98 valence electrons. The highest BCUT2D eigenvalue weighted by Gasteiger charge is 2.13. The molecule has 2 aromatic carbocycles. The topological polar surface area (TPSA) is 26.3 Å². The largest absolute Gasteiger partial charge is 0.496 e. The monoisotopic (exact) mass is 274 g/mol. The van der Waals surface area contributed by atoms with Crippen LogP contribution in [0.15, 0.2) is 48.5 Å². The highest BCUT2D eigenvalue weighted by atomic mass is 35.5. The Bertz CT molecular complexity index is 549. The van der Waals surface area contributed by atoms with Crippen molar-refractivity contribution in [3.05, 3.63) is 64.7 Å². The zero-order valence-electron chi connectivity index (χ0n) is 10.7. The molecule has 0 saturated carbocycles. The molecule has 3 heteroatoms. The van der Waals surface area contributed by atoms with Crippen LogP contribution in [0.2, 0.25) is 5.02 Å². The molecule has 2 nitrogen and oxygen atoms in total. The van der Waals surface area contributed by atoms with E-state index in [2.05, 4.69) is 0 Å². The molecule has 0 spiro atoms. The third-order valence-electron chi connectivity index (χ3n) is 3.09. The molecule has 0 fully saturated rings. The molecule has 0 aromatic heterocycles. The van der Waals surface area contributed by atoms with Gasteiger partial charge in [-0.1, -0.05) is 41.9 Å². The van der Waals surface area contributed by atoms with E-state index in [1.807, 2.05) is 36.4 Å². The number of hydrogen-bond acceptors (Lipinski definition) is 2. The number of hydrogen-bond donors (Lipinski definition) is 0. The summed E-state index contributed by atoms with van der Waals surface area (Å²) in [4.78, 5) is 11.3. The van der Waals surface area contributed by atoms with Gasteiger partial charge in [0.2, 0.25) is 0 Å². The van der Waals surface area contributed by atoms with E-state index in [0.717, 1.165) is 23.2 Å². The van der Waals surface area contributed by atoms with Gasteiger partial charge in [0.1, 0.15) is 12.0 Å². The van der Waals surface area contributed by atoms with Gasteiger partial charge < -0.3 is 9.53 Å². The first-order valence-corrected chi connectivity index (χ1v) is 6.45. The third-order valence-corrected chi connectivity index (χ3v) is 3.35. The first kappa shape index (κ1) is 13.6. The molecule has 1 atom stereocenters. The lowest BCUT2D eigenvalue weighted by Crippen LogP contribution is -2.05. The van der Waals surface area contributed by atoms with Crippen molar-refractivity contribution in [1.29, 1.82) is 0 Å². The van der Waals surface area contributed by atoms with Gasteiger partial charge in [0.25, 0.3) is 0 Å². The fraction of sp³-hybridized carbons (Fsp3) is 0.188. The van der Waals surface area contributed by atoms with Crippen LogP contribution in [0.1, 0.15) is 17.0 Å². The first-order valence-electron chi connectivity index (χ1n) is 6.07. The summed E-state index contributed by atoms with van der Waals surface area (Å²) in [6.45, 7) is 0. The van der Waals surface area contributed by atoms with Crippen LogP contribution in [-0.4, -0.2) is 13.4 Å². The zero-order chi connectivity index (χ0) is 13.7. The summed E-state index contributed by atoms with van der Waals surface area (Å²) in [6, 6.07) is 15.1. The van der Waals surface area contributed by atoms with Crippen molar-refractivity contribution in [3.63, 3.8) is 0 Å². The second kappa shape index (κ2) is 6.39. The number of methoxy groups -OCH3 is 1. The molecule has 19 heavy (non-hydrogen) atoms. The van der Waals surface area contributed by atoms with Gasteiger partial charge >= 0.3 is 0 Å². The van der Waals surface area contributed by atoms with Gasteiger partial charge in [-0.15, -0.1) is 0 Å². The van der Waals surface area contributed by atoms with Crippen molar-refractivity contribution in [1.82, 2.24) is 0 Å². The van der Waals surface area contributed by atoms with Crippen LogP contribution in [-0.2, 0) is 11.2 Å². The molecule has 2 rings (SSSR count). The third kappa shape index (κ3) is 3.36. The number of para-hydroxylation sites is 1. The van der Waals surface area contributed by atoms with Crippen LogP contribution in [0.25, 0.3) is 0 Å². The summed E-state index contributed by atoms with van der Waals surface area (Å²) < 4.78 is 5.31. The van der Waals surface area contributed by atoms with Crippen LogP contribution in [0.4, 0.5) is 0 Å². The Morgan fingerprint density at radius 3 is 2.47 bits per heavy atom. The minimum absolute atomic E-state index is 0.187. The molecular weight excluding hydrogens is 260 g/mol. The second-order valence-corrected chi connectivity index (χ2v) is 4.75. The van der Waals surface area contributed by atoms with Crippen molar-refractivity contribution >= 4 is 17.9 Å². The number of carbonyl (C=O) groups excluding carboxylic acids is 1. The van der Waals surface area contributed by atoms with E-state index in [0.29, 0.717) is 11.4 Å². The predicted octanol–water partition coefficient (Wildman–Crippen LogP) is 3.87. The van der Waals surface area contributed by atoms with Crippen LogP contribution in [0.5, 0.6) is 5.75 Å². The number of benzene rings is 2. The average Bonchev–Trinajstić information content (AvgIpc) is 2.46. The Morgan fingerprint density at radius 1 is 1.16 bits per heavy atom. The summed E-state index contributed by atoms with van der Waals surface area (Å²) >= 11 is 5.86. The van der Waals surface area contributed by atoms with E-state index in [-0.39, 0.29) is 5.92 Å². The van der Waals surface area contributed by atoms with E-state index < -0.39 is 0 Å². The van der Waals surface area contributed by atoms with Gasteiger partial charge in [-0.3, -0.25) is 0 Å². The maximum absolute atomic E-state index is 11.3. The van der Waals surface area contributed by atoms with E-state index >= 15 is 0 Å². The molecule has 0 amide bonds. The van der Waals surface area contributed by atoms with Crippen molar-refractivity contribution in [2.24, 2.45) is 0 Å². The number of ether oxygens (including phenoxy) is 1. The Kier molecular flexibility index (Phi) is 4.58. The standard InChI is InChI=1S/C16H15ClO2/c1-19-16-5-3-2-4-13(16)10-14(11-18)12-6-8-15(17)9-7-12/h2-9,11,14H,10H2,1H3. The summed E-state index contributed by atoms with van der Waals surface area (Å²) in [5.74, 6) is 0.622. The Balaban J connectivity index is 2.24. The van der Waals surface area contributed by atoms with E-state index in [9.17, 15) is 4.79 Å². The smallest absolute Gasteiger partial charge is 0.127 e. The molecule has 0 aliphatic rings. The number of rotatable bonds is 5. The average molecular weight is 275 g/mol. The van der Waals surface area contributed by atoms with Crippen LogP contribution in [0, 0.1) is 0 Å². The molecule has 0 bridgehead atoms. The normalized spacial score (nSPS) is 11.9. The van der Waals surface area contributed by atoms with Gasteiger partial charge in [-0.25, -0.2) is 0 Å². The Hall–Kier alpha value is -1.80. The minimum atomic E-state index is -0.187. The van der Waals surface area contributed by atoms with Gasteiger partial charge in [-0.05, 0) is 35.7 Å². The summed E-state index contributed by atoms with van der Waals surface area (Å²) in [5.41, 5.74) is 1.99. The Morgan fingerprint density at radius 2 is 1.84 bits per heavy atom. The predicted molar refractivity (Wildman–Crippen MR) is 77.0 cm³/mol. The molecule has 1 unspecified atom stereocenters.